The first kappa shape index (κ1) is 12.9. The molecule has 0 saturated carbocycles. The molecule has 0 aromatic heterocycles. The molecule has 1 N–H and O–H groups in total. The minimum Gasteiger partial charge on any atom is -0.352 e. The van der Waals surface area contributed by atoms with Gasteiger partial charge in [0.05, 0.1) is 0 Å². The van der Waals surface area contributed by atoms with Crippen LogP contribution >= 0.6 is 11.6 Å². The Morgan fingerprint density at radius 1 is 1.37 bits per heavy atom. The van der Waals surface area contributed by atoms with Crippen LogP contribution in [0.15, 0.2) is 24.3 Å². The number of hydrogen-bond acceptors (Lipinski definition) is 2. The molecule has 2 atom stereocenters. The molecule has 4 heteroatoms. The van der Waals surface area contributed by atoms with E-state index in [1.165, 1.54) is 5.56 Å². The molecule has 2 heterocycles. The summed E-state index contributed by atoms with van der Waals surface area (Å²) in [5.74, 6) is 0.836. The monoisotopic (exact) mass is 278 g/mol. The lowest BCUT2D eigenvalue weighted by molar-refractivity contribution is -0.121. The zero-order valence-corrected chi connectivity index (χ0v) is 11.7. The molecule has 1 amide bonds. The summed E-state index contributed by atoms with van der Waals surface area (Å²) in [6.07, 6.45) is 2.88. The second-order valence-electron chi connectivity index (χ2n) is 5.65. The molecule has 0 aliphatic carbocycles. The average Bonchev–Trinajstić information content (AvgIpc) is 2.62. The number of fused-ring (bicyclic) bond motifs is 1. The number of nitrogens with zero attached hydrogens (tertiary/aromatic N) is 1. The van der Waals surface area contributed by atoms with Gasteiger partial charge in [0.1, 0.15) is 0 Å². The van der Waals surface area contributed by atoms with Crippen molar-refractivity contribution in [3.63, 3.8) is 0 Å². The van der Waals surface area contributed by atoms with Crippen molar-refractivity contribution in [2.75, 3.05) is 13.1 Å². The van der Waals surface area contributed by atoms with Crippen molar-refractivity contribution in [1.82, 2.24) is 10.2 Å². The Labute approximate surface area is 118 Å². The zero-order chi connectivity index (χ0) is 13.2. The summed E-state index contributed by atoms with van der Waals surface area (Å²) < 4.78 is 0. The second kappa shape index (κ2) is 5.51. The molecule has 3 rings (SSSR count). The van der Waals surface area contributed by atoms with Crippen LogP contribution in [0.2, 0.25) is 5.02 Å². The average molecular weight is 279 g/mol. The van der Waals surface area contributed by atoms with E-state index in [2.05, 4.69) is 16.3 Å². The van der Waals surface area contributed by atoms with Gasteiger partial charge in [-0.15, -0.1) is 0 Å². The Morgan fingerprint density at radius 2 is 2.26 bits per heavy atom. The predicted molar refractivity (Wildman–Crippen MR) is 76.0 cm³/mol. The number of carbonyl (C=O) groups is 1. The molecule has 102 valence electrons. The van der Waals surface area contributed by atoms with Crippen LogP contribution in [0.4, 0.5) is 0 Å². The fraction of sp³-hybridized carbons (Fsp3) is 0.533. The molecule has 1 aromatic rings. The maximum absolute atomic E-state index is 11.6. The number of hydrogen-bond donors (Lipinski definition) is 1. The molecule has 0 spiro atoms. The lowest BCUT2D eigenvalue weighted by Gasteiger charge is -2.16. The maximum Gasteiger partial charge on any atom is 0.220 e. The Balaban J connectivity index is 1.64. The highest BCUT2D eigenvalue weighted by Crippen LogP contribution is 2.26. The van der Waals surface area contributed by atoms with Crippen molar-refractivity contribution in [2.45, 2.75) is 31.8 Å². The van der Waals surface area contributed by atoms with Crippen molar-refractivity contribution in [2.24, 2.45) is 5.92 Å². The van der Waals surface area contributed by atoms with E-state index in [9.17, 15) is 4.79 Å². The van der Waals surface area contributed by atoms with Crippen molar-refractivity contribution in [3.8, 4) is 0 Å². The highest BCUT2D eigenvalue weighted by Gasteiger charge is 2.34. The van der Waals surface area contributed by atoms with Gasteiger partial charge in [0.15, 0.2) is 0 Å². The van der Waals surface area contributed by atoms with Crippen LogP contribution in [0.3, 0.4) is 0 Å². The Morgan fingerprint density at radius 3 is 3.11 bits per heavy atom. The number of rotatable bonds is 2. The first-order valence-electron chi connectivity index (χ1n) is 6.97. The van der Waals surface area contributed by atoms with E-state index in [0.717, 1.165) is 37.5 Å². The SMILES string of the molecule is O=C1CCC[C@@H]2CN(Cc3cccc(Cl)c3)C[C@@H]2N1. The predicted octanol–water partition coefficient (Wildman–Crippen LogP) is 2.44. The number of nitrogens with one attached hydrogen (secondary N) is 1. The van der Waals surface area contributed by atoms with Crippen molar-refractivity contribution in [3.05, 3.63) is 34.9 Å². The number of amides is 1. The molecule has 1 aromatic carbocycles. The quantitative estimate of drug-likeness (QED) is 0.901. The normalized spacial score (nSPS) is 27.7. The lowest BCUT2D eigenvalue weighted by atomic mass is 9.99. The van der Waals surface area contributed by atoms with E-state index in [1.807, 2.05) is 18.2 Å². The lowest BCUT2D eigenvalue weighted by Crippen LogP contribution is -2.38. The number of likely N-dealkylation sites (tertiary alicyclic amines) is 1. The van der Waals surface area contributed by atoms with Gasteiger partial charge in [0, 0.05) is 37.1 Å². The highest BCUT2D eigenvalue weighted by molar-refractivity contribution is 6.30. The molecule has 19 heavy (non-hydrogen) atoms. The van der Waals surface area contributed by atoms with E-state index < -0.39 is 0 Å². The van der Waals surface area contributed by atoms with E-state index >= 15 is 0 Å². The van der Waals surface area contributed by atoms with Crippen LogP contribution in [-0.4, -0.2) is 29.9 Å². The van der Waals surface area contributed by atoms with Gasteiger partial charge in [0.25, 0.3) is 0 Å². The Kier molecular flexibility index (Phi) is 3.76. The maximum atomic E-state index is 11.6. The third-order valence-corrected chi connectivity index (χ3v) is 4.37. The van der Waals surface area contributed by atoms with E-state index in [0.29, 0.717) is 18.4 Å². The summed E-state index contributed by atoms with van der Waals surface area (Å²) in [6, 6.07) is 8.37. The molecule has 0 radical (unpaired) electrons. The number of benzene rings is 1. The minimum absolute atomic E-state index is 0.220. The highest BCUT2D eigenvalue weighted by atomic mass is 35.5. The smallest absolute Gasteiger partial charge is 0.220 e. The van der Waals surface area contributed by atoms with Gasteiger partial charge >= 0.3 is 0 Å². The molecular formula is C15H19ClN2O. The fourth-order valence-electron chi connectivity index (χ4n) is 3.24. The van der Waals surface area contributed by atoms with Crippen LogP contribution in [-0.2, 0) is 11.3 Å². The molecule has 0 unspecified atom stereocenters. The molecule has 3 nitrogen and oxygen atoms in total. The van der Waals surface area contributed by atoms with E-state index in [-0.39, 0.29) is 5.91 Å². The summed E-state index contributed by atoms with van der Waals surface area (Å²) in [5.41, 5.74) is 1.25. The van der Waals surface area contributed by atoms with E-state index in [4.69, 9.17) is 11.6 Å². The van der Waals surface area contributed by atoms with E-state index in [1.54, 1.807) is 0 Å². The molecular weight excluding hydrogens is 260 g/mol. The van der Waals surface area contributed by atoms with Crippen LogP contribution in [0.5, 0.6) is 0 Å². The topological polar surface area (TPSA) is 32.3 Å². The molecule has 2 aliphatic rings. The summed E-state index contributed by atoms with van der Waals surface area (Å²) >= 11 is 6.02. The third kappa shape index (κ3) is 3.10. The van der Waals surface area contributed by atoms with Gasteiger partial charge in [-0.25, -0.2) is 0 Å². The number of halogens is 1. The van der Waals surface area contributed by atoms with Gasteiger partial charge in [-0.3, -0.25) is 9.69 Å². The van der Waals surface area contributed by atoms with Crippen LogP contribution in [0.25, 0.3) is 0 Å². The van der Waals surface area contributed by atoms with Crippen molar-refractivity contribution in [1.29, 1.82) is 0 Å². The second-order valence-corrected chi connectivity index (χ2v) is 6.09. The fourth-order valence-corrected chi connectivity index (χ4v) is 3.46. The van der Waals surface area contributed by atoms with Crippen molar-refractivity contribution < 1.29 is 4.79 Å². The summed E-state index contributed by atoms with van der Waals surface area (Å²) in [4.78, 5) is 14.0. The molecule has 0 bridgehead atoms. The molecule has 2 aliphatic heterocycles. The summed E-state index contributed by atoms with van der Waals surface area (Å²) in [7, 11) is 0. The zero-order valence-electron chi connectivity index (χ0n) is 10.9. The molecule has 2 saturated heterocycles. The van der Waals surface area contributed by atoms with Crippen molar-refractivity contribution >= 4 is 17.5 Å². The molecule has 2 fully saturated rings. The van der Waals surface area contributed by atoms with Gasteiger partial charge in [-0.2, -0.15) is 0 Å². The van der Waals surface area contributed by atoms with Gasteiger partial charge < -0.3 is 5.32 Å². The Hall–Kier alpha value is -1.06. The Bertz CT molecular complexity index is 477. The largest absolute Gasteiger partial charge is 0.352 e. The minimum atomic E-state index is 0.220. The third-order valence-electron chi connectivity index (χ3n) is 4.14. The van der Waals surface area contributed by atoms with Crippen LogP contribution in [0.1, 0.15) is 24.8 Å². The van der Waals surface area contributed by atoms with Gasteiger partial charge in [-0.1, -0.05) is 23.7 Å². The van der Waals surface area contributed by atoms with Crippen LogP contribution in [0, 0.1) is 5.92 Å². The number of carbonyl (C=O) groups excluding carboxylic acids is 1. The summed E-state index contributed by atoms with van der Waals surface area (Å²) in [6.45, 7) is 2.96. The summed E-state index contributed by atoms with van der Waals surface area (Å²) in [5, 5.41) is 3.95. The standard InChI is InChI=1S/C15H19ClN2O/c16-13-5-1-3-11(7-13)8-18-9-12-4-2-6-15(19)17-14(12)10-18/h1,3,5,7,12,14H,2,4,6,8-10H2,(H,17,19)/t12-,14+/m1/s1. The van der Waals surface area contributed by atoms with Gasteiger partial charge in [0.2, 0.25) is 5.91 Å². The first-order valence-corrected chi connectivity index (χ1v) is 7.34. The van der Waals surface area contributed by atoms with Gasteiger partial charge in [-0.05, 0) is 36.5 Å². The van der Waals surface area contributed by atoms with Crippen LogP contribution < -0.4 is 5.32 Å². The first-order chi connectivity index (χ1) is 9.20.